The van der Waals surface area contributed by atoms with E-state index in [1.54, 1.807) is 18.1 Å². The first kappa shape index (κ1) is 29.9. The molecule has 7 nitrogen and oxygen atoms in total. The molecule has 0 bridgehead atoms. The highest BCUT2D eigenvalue weighted by atomic mass is 19.1. The van der Waals surface area contributed by atoms with Crippen LogP contribution in [0.2, 0.25) is 0 Å². The van der Waals surface area contributed by atoms with Gasteiger partial charge in [-0.25, -0.2) is 13.2 Å². The van der Waals surface area contributed by atoms with Crippen molar-refractivity contribution >= 4 is 11.6 Å². The fraction of sp³-hybridized carbons (Fsp3) is 0.613. The van der Waals surface area contributed by atoms with Crippen LogP contribution in [0.25, 0.3) is 0 Å². The predicted molar refractivity (Wildman–Crippen MR) is 144 cm³/mol. The van der Waals surface area contributed by atoms with E-state index in [0.717, 1.165) is 0 Å². The van der Waals surface area contributed by atoms with Crippen LogP contribution in [0.1, 0.15) is 45.6 Å². The lowest BCUT2D eigenvalue weighted by Crippen LogP contribution is -2.70. The lowest BCUT2D eigenvalue weighted by Gasteiger charge is -2.62. The summed E-state index contributed by atoms with van der Waals surface area (Å²) < 4.78 is 52.2. The van der Waals surface area contributed by atoms with Crippen molar-refractivity contribution < 1.29 is 42.5 Å². The second-order valence-electron chi connectivity index (χ2n) is 12.6. The van der Waals surface area contributed by atoms with Gasteiger partial charge in [0.15, 0.2) is 34.4 Å². The third-order valence-corrected chi connectivity index (χ3v) is 10.7. The Bertz CT molecular complexity index is 1300. The fourth-order valence-corrected chi connectivity index (χ4v) is 8.68. The van der Waals surface area contributed by atoms with Gasteiger partial charge in [-0.3, -0.25) is 14.4 Å². The predicted octanol–water partition coefficient (Wildman–Crippen LogP) is 4.06. The van der Waals surface area contributed by atoms with Gasteiger partial charge < -0.3 is 14.9 Å². The quantitative estimate of drug-likeness (QED) is 0.373. The number of allylic oxidation sites excluding steroid dienone is 3. The third kappa shape index (κ3) is 4.01. The van der Waals surface area contributed by atoms with E-state index < -0.39 is 70.3 Å². The number of ketones is 2. The van der Waals surface area contributed by atoms with Gasteiger partial charge in [0.05, 0.1) is 13.2 Å². The summed E-state index contributed by atoms with van der Waals surface area (Å²) in [4.78, 5) is 31.8. The maximum atomic E-state index is 17.5. The molecule has 1 aromatic carbocycles. The molecule has 0 radical (unpaired) electrons. The first-order valence-electron chi connectivity index (χ1n) is 14.0. The Morgan fingerprint density at radius 1 is 1.27 bits per heavy atom. The number of nitrogens with zero attached hydrogens (tertiary/aromatic N) is 1. The summed E-state index contributed by atoms with van der Waals surface area (Å²) in [5.41, 5.74) is -6.10. The summed E-state index contributed by atoms with van der Waals surface area (Å²) in [5, 5.41) is 23.3. The van der Waals surface area contributed by atoms with E-state index >= 15 is 8.78 Å². The summed E-state index contributed by atoms with van der Waals surface area (Å²) in [6.07, 6.45) is -0.823. The molecule has 224 valence electrons. The van der Waals surface area contributed by atoms with Gasteiger partial charge in [-0.05, 0) is 68.4 Å². The average molecular weight is 578 g/mol. The molecule has 0 amide bonds. The van der Waals surface area contributed by atoms with Crippen LogP contribution in [0.5, 0.6) is 5.75 Å². The first-order valence-corrected chi connectivity index (χ1v) is 14.0. The molecule has 0 unspecified atom stereocenters. The Hall–Kier alpha value is -2.53. The van der Waals surface area contributed by atoms with Crippen LogP contribution in [0, 0.1) is 34.4 Å². The number of ether oxygens (including phenoxy) is 1. The minimum atomic E-state index is -2.35. The number of carbonyl (C=O) groups is 2. The number of methoxy groups -OCH3 is 1. The summed E-state index contributed by atoms with van der Waals surface area (Å²) in [6, 6.07) is 4.39. The molecule has 0 spiro atoms. The summed E-state index contributed by atoms with van der Waals surface area (Å²) in [7, 11) is 1.36. The highest BCUT2D eigenvalue weighted by molar-refractivity contribution is 5.90. The van der Waals surface area contributed by atoms with Crippen LogP contribution >= 0.6 is 0 Å². The number of benzene rings is 1. The van der Waals surface area contributed by atoms with Crippen LogP contribution in [-0.2, 0) is 21.0 Å². The minimum absolute atomic E-state index is 0.0344. The zero-order valence-corrected chi connectivity index (χ0v) is 23.8. The summed E-state index contributed by atoms with van der Waals surface area (Å²) in [5.74, 6) is -3.43. The molecule has 1 aromatic rings. The zero-order valence-electron chi connectivity index (χ0n) is 23.8. The molecule has 4 fully saturated rings. The van der Waals surface area contributed by atoms with Gasteiger partial charge in [-0.1, -0.05) is 25.6 Å². The molecule has 3 saturated carbocycles. The number of rotatable bonds is 7. The average Bonchev–Trinajstić information content (AvgIpc) is 3.40. The summed E-state index contributed by atoms with van der Waals surface area (Å²) >= 11 is 0. The van der Waals surface area contributed by atoms with Crippen molar-refractivity contribution in [3.8, 4) is 5.75 Å². The second kappa shape index (κ2) is 10.0. The van der Waals surface area contributed by atoms with E-state index in [1.165, 1.54) is 45.2 Å². The smallest absolute Gasteiger partial charge is 0.192 e. The van der Waals surface area contributed by atoms with Gasteiger partial charge >= 0.3 is 0 Å². The van der Waals surface area contributed by atoms with Gasteiger partial charge in [0.25, 0.3) is 0 Å². The molecule has 2 N–H and O–H groups in total. The van der Waals surface area contributed by atoms with Gasteiger partial charge in [0.1, 0.15) is 12.8 Å². The molecule has 41 heavy (non-hydrogen) atoms. The molecule has 5 rings (SSSR count). The molecule has 1 aliphatic heterocycles. The molecule has 1 heterocycles. The molecule has 0 aromatic heterocycles. The summed E-state index contributed by atoms with van der Waals surface area (Å²) in [6.45, 7) is 8.01. The largest absolute Gasteiger partial charge is 0.494 e. The molecule has 3 aliphatic carbocycles. The van der Waals surface area contributed by atoms with Crippen molar-refractivity contribution in [1.29, 1.82) is 0 Å². The number of fused-ring (bicyclic) bond motifs is 5. The molecular weight excluding hydrogens is 539 g/mol. The topological polar surface area (TPSA) is 96.3 Å². The Morgan fingerprint density at radius 2 is 1.98 bits per heavy atom. The van der Waals surface area contributed by atoms with Crippen molar-refractivity contribution in [1.82, 2.24) is 5.06 Å². The molecule has 10 heteroatoms. The van der Waals surface area contributed by atoms with E-state index in [4.69, 9.17) is 9.57 Å². The number of hydroxylamine groups is 2. The maximum absolute atomic E-state index is 17.5. The van der Waals surface area contributed by atoms with Gasteiger partial charge in [-0.2, -0.15) is 5.06 Å². The zero-order chi connectivity index (χ0) is 30.1. The van der Waals surface area contributed by atoms with E-state index in [0.29, 0.717) is 12.0 Å². The van der Waals surface area contributed by atoms with E-state index in [9.17, 15) is 24.2 Å². The van der Waals surface area contributed by atoms with Gasteiger partial charge in [-0.15, -0.1) is 0 Å². The van der Waals surface area contributed by atoms with Crippen molar-refractivity contribution in [2.24, 2.45) is 28.6 Å². The number of aliphatic hydroxyl groups excluding tert-OH is 2. The molecule has 1 saturated heterocycles. The van der Waals surface area contributed by atoms with Crippen molar-refractivity contribution in [3.63, 3.8) is 0 Å². The monoisotopic (exact) mass is 577 g/mol. The lowest BCUT2D eigenvalue weighted by atomic mass is 9.45. The highest BCUT2D eigenvalue weighted by Crippen LogP contribution is 2.72. The number of hydrogen-bond donors (Lipinski definition) is 2. The van der Waals surface area contributed by atoms with Crippen molar-refractivity contribution in [3.05, 3.63) is 53.9 Å². The fourth-order valence-electron chi connectivity index (χ4n) is 8.68. The van der Waals surface area contributed by atoms with Crippen LogP contribution in [0.15, 0.2) is 42.5 Å². The number of Topliss-reactive ketones (excluding diaryl/α,β-unsaturated/α-hetero) is 1. The SMILES string of the molecule is C=C1[C@@H](F)C[C@H]2[C@@H]3C[C@H]4CN(Cc5ccc(F)c(OC)c5)O[C@@]4(C(=O)CO)[C@@]3(C)C[C@H](O)[C@]2(F)[C@@]1(C)/C=C\C(C)=O. The molecular formula is C31H38F3NO6. The van der Waals surface area contributed by atoms with Crippen LogP contribution in [-0.4, -0.2) is 70.6 Å². The molecule has 4 aliphatic rings. The van der Waals surface area contributed by atoms with E-state index in [2.05, 4.69) is 6.58 Å². The van der Waals surface area contributed by atoms with E-state index in [-0.39, 0.29) is 43.0 Å². The Morgan fingerprint density at radius 3 is 2.61 bits per heavy atom. The Balaban J connectivity index is 1.54. The number of halogens is 3. The Kier molecular flexibility index (Phi) is 7.33. The lowest BCUT2D eigenvalue weighted by molar-refractivity contribution is -0.269. The normalized spacial score (nSPS) is 42.2. The van der Waals surface area contributed by atoms with Gasteiger partial charge in [0.2, 0.25) is 0 Å². The van der Waals surface area contributed by atoms with Gasteiger partial charge in [0, 0.05) is 35.8 Å². The van der Waals surface area contributed by atoms with Crippen LogP contribution in [0.3, 0.4) is 0 Å². The van der Waals surface area contributed by atoms with Crippen LogP contribution < -0.4 is 4.74 Å². The molecule has 9 atom stereocenters. The third-order valence-electron chi connectivity index (χ3n) is 10.7. The van der Waals surface area contributed by atoms with Crippen molar-refractivity contribution in [2.75, 3.05) is 20.3 Å². The Labute approximate surface area is 238 Å². The number of carbonyl (C=O) groups excluding carboxylic acids is 2. The number of aliphatic hydroxyl groups is 2. The highest BCUT2D eigenvalue weighted by Gasteiger charge is 2.79. The standard InChI is InChI=1S/C31H38F3NO6/c1-17(37)8-9-28(3)18(2)24(33)12-22-21-11-20-15-35(14-19-6-7-23(32)25(10-19)40-5)41-31(20,27(39)16-36)29(21,4)13-26(38)30(22,28)34/h6-10,20-22,24,26,36,38H,2,11-16H2,1,3-5H3/b9-8-/t20-,21-,22-,24-,26-,28-,29-,30-,31-/m0/s1. The minimum Gasteiger partial charge on any atom is -0.494 e. The van der Waals surface area contributed by atoms with E-state index in [1.807, 2.05) is 0 Å². The number of hydrogen-bond acceptors (Lipinski definition) is 7. The number of alkyl halides is 2. The second-order valence-corrected chi connectivity index (χ2v) is 12.6. The van der Waals surface area contributed by atoms with Crippen LogP contribution in [0.4, 0.5) is 13.2 Å². The first-order chi connectivity index (χ1) is 19.2. The van der Waals surface area contributed by atoms with Crippen molar-refractivity contribution in [2.45, 2.75) is 70.1 Å². The maximum Gasteiger partial charge on any atom is 0.192 e.